The monoisotopic (exact) mass is 238 g/mol. The van der Waals surface area contributed by atoms with Crippen LogP contribution in [0.4, 0.5) is 13.2 Å². The Balaban J connectivity index is 0.00000106. The highest BCUT2D eigenvalue weighted by molar-refractivity contribution is 4.94. The summed E-state index contributed by atoms with van der Waals surface area (Å²) in [5, 5.41) is 3.00. The van der Waals surface area contributed by atoms with Gasteiger partial charge in [0, 0.05) is 19.1 Å². The fourth-order valence-corrected chi connectivity index (χ4v) is 1.54. The van der Waals surface area contributed by atoms with Crippen LogP contribution >= 0.6 is 0 Å². The van der Waals surface area contributed by atoms with Gasteiger partial charge in [-0.15, -0.1) is 0 Å². The predicted octanol–water partition coefficient (Wildman–Crippen LogP) is 2.42. The number of rotatable bonds is 2. The van der Waals surface area contributed by atoms with Crippen molar-refractivity contribution in [1.82, 2.24) is 10.2 Å². The fourth-order valence-electron chi connectivity index (χ4n) is 1.54. The molecule has 1 aliphatic heterocycles. The smallest absolute Gasteiger partial charge is 0.315 e. The summed E-state index contributed by atoms with van der Waals surface area (Å²) >= 11 is 0. The first-order chi connectivity index (χ1) is 7.51. The third kappa shape index (κ3) is 6.85. The van der Waals surface area contributed by atoms with Gasteiger partial charge in [-0.2, -0.15) is 13.2 Å². The standard InChI is InChI=1S/C9H15F3N2.C2H6/c1-13-8-4-2-3-5-14(6-8)7-9(10,11)12;1-2/h2-3,8,13H,4-7H2,1H3;1-2H3. The van der Waals surface area contributed by atoms with Crippen LogP contribution < -0.4 is 5.32 Å². The molecular weight excluding hydrogens is 217 g/mol. The van der Waals surface area contributed by atoms with Crippen LogP contribution in [0.5, 0.6) is 0 Å². The number of nitrogens with one attached hydrogen (secondary N) is 1. The van der Waals surface area contributed by atoms with Gasteiger partial charge in [0.1, 0.15) is 0 Å². The normalized spacial score (nSPS) is 22.2. The molecule has 0 fully saturated rings. The number of hydrogen-bond donors (Lipinski definition) is 1. The van der Waals surface area contributed by atoms with E-state index in [0.29, 0.717) is 13.1 Å². The van der Waals surface area contributed by atoms with Crippen molar-refractivity contribution in [2.75, 3.05) is 26.7 Å². The lowest BCUT2D eigenvalue weighted by molar-refractivity contribution is -0.145. The minimum atomic E-state index is -4.10. The van der Waals surface area contributed by atoms with Crippen molar-refractivity contribution in [2.45, 2.75) is 32.5 Å². The van der Waals surface area contributed by atoms with Gasteiger partial charge >= 0.3 is 6.18 Å². The van der Waals surface area contributed by atoms with Crippen molar-refractivity contribution in [3.63, 3.8) is 0 Å². The molecular formula is C11H21F3N2. The maximum atomic E-state index is 12.1. The summed E-state index contributed by atoms with van der Waals surface area (Å²) < 4.78 is 36.4. The summed E-state index contributed by atoms with van der Waals surface area (Å²) in [5.74, 6) is 0. The van der Waals surface area contributed by atoms with Crippen molar-refractivity contribution in [2.24, 2.45) is 0 Å². The van der Waals surface area contributed by atoms with E-state index in [0.717, 1.165) is 6.42 Å². The lowest BCUT2D eigenvalue weighted by atomic mass is 10.2. The summed E-state index contributed by atoms with van der Waals surface area (Å²) in [4.78, 5) is 1.41. The molecule has 0 aliphatic carbocycles. The number of alkyl halides is 3. The fraction of sp³-hybridized carbons (Fsp3) is 0.818. The Hall–Kier alpha value is -0.550. The maximum Gasteiger partial charge on any atom is 0.401 e. The third-order valence-electron chi connectivity index (χ3n) is 2.24. The van der Waals surface area contributed by atoms with Crippen molar-refractivity contribution in [3.05, 3.63) is 12.2 Å². The Kier molecular flexibility index (Phi) is 7.42. The minimum absolute atomic E-state index is 0.121. The van der Waals surface area contributed by atoms with Crippen LogP contribution in [0.15, 0.2) is 12.2 Å². The van der Waals surface area contributed by atoms with Crippen molar-refractivity contribution in [1.29, 1.82) is 0 Å². The molecule has 1 N–H and O–H groups in total. The maximum absolute atomic E-state index is 12.1. The lowest BCUT2D eigenvalue weighted by Gasteiger charge is -2.24. The van der Waals surface area contributed by atoms with Gasteiger partial charge in [0.25, 0.3) is 0 Å². The van der Waals surface area contributed by atoms with Gasteiger partial charge in [0.15, 0.2) is 0 Å². The van der Waals surface area contributed by atoms with Crippen LogP contribution in [0.2, 0.25) is 0 Å². The van der Waals surface area contributed by atoms with Crippen molar-refractivity contribution in [3.8, 4) is 0 Å². The molecule has 0 saturated carbocycles. The average molecular weight is 238 g/mol. The zero-order valence-electron chi connectivity index (χ0n) is 10.1. The second-order valence-corrected chi connectivity index (χ2v) is 3.50. The lowest BCUT2D eigenvalue weighted by Crippen LogP contribution is -2.42. The minimum Gasteiger partial charge on any atom is -0.315 e. The summed E-state index contributed by atoms with van der Waals surface area (Å²) in [7, 11) is 1.77. The molecule has 0 aromatic carbocycles. The van der Waals surface area contributed by atoms with Crippen molar-refractivity contribution >= 4 is 0 Å². The van der Waals surface area contributed by atoms with Gasteiger partial charge < -0.3 is 5.32 Å². The molecule has 0 radical (unpaired) electrons. The molecule has 0 spiro atoms. The molecule has 1 atom stereocenters. The van der Waals surface area contributed by atoms with E-state index >= 15 is 0 Å². The van der Waals surface area contributed by atoms with E-state index in [4.69, 9.17) is 0 Å². The highest BCUT2D eigenvalue weighted by Gasteiger charge is 2.31. The molecule has 1 aliphatic rings. The first-order valence-corrected chi connectivity index (χ1v) is 5.62. The zero-order valence-corrected chi connectivity index (χ0v) is 10.1. The first kappa shape index (κ1) is 15.4. The average Bonchev–Trinajstić information content (AvgIpc) is 2.43. The quantitative estimate of drug-likeness (QED) is 0.743. The van der Waals surface area contributed by atoms with Crippen LogP contribution in [0.25, 0.3) is 0 Å². The highest BCUT2D eigenvalue weighted by atomic mass is 19.4. The van der Waals surface area contributed by atoms with Crippen LogP contribution in [0.1, 0.15) is 20.3 Å². The van der Waals surface area contributed by atoms with E-state index in [9.17, 15) is 13.2 Å². The Morgan fingerprint density at radius 1 is 1.31 bits per heavy atom. The Bertz CT molecular complexity index is 202. The number of hydrogen-bond acceptors (Lipinski definition) is 2. The van der Waals surface area contributed by atoms with Gasteiger partial charge in [0.2, 0.25) is 0 Å². The molecule has 0 bridgehead atoms. The van der Waals surface area contributed by atoms with E-state index in [1.807, 2.05) is 19.9 Å². The molecule has 0 saturated heterocycles. The summed E-state index contributed by atoms with van der Waals surface area (Å²) in [6.45, 7) is 4.01. The Morgan fingerprint density at radius 3 is 2.44 bits per heavy atom. The van der Waals surface area contributed by atoms with Crippen LogP contribution in [0, 0.1) is 0 Å². The zero-order chi connectivity index (χ0) is 12.6. The molecule has 2 nitrogen and oxygen atoms in total. The second-order valence-electron chi connectivity index (χ2n) is 3.50. The second kappa shape index (κ2) is 7.68. The van der Waals surface area contributed by atoms with Gasteiger partial charge in [-0.1, -0.05) is 26.0 Å². The summed E-state index contributed by atoms with van der Waals surface area (Å²) in [5.41, 5.74) is 0. The number of likely N-dealkylation sites (N-methyl/N-ethyl adjacent to an activating group) is 1. The third-order valence-corrected chi connectivity index (χ3v) is 2.24. The van der Waals surface area contributed by atoms with Gasteiger partial charge in [-0.25, -0.2) is 0 Å². The molecule has 16 heavy (non-hydrogen) atoms. The molecule has 5 heteroatoms. The summed E-state index contributed by atoms with van der Waals surface area (Å²) in [6, 6.07) is 0.121. The van der Waals surface area contributed by atoms with Crippen LogP contribution in [-0.2, 0) is 0 Å². The van der Waals surface area contributed by atoms with E-state index in [-0.39, 0.29) is 6.04 Å². The molecule has 0 amide bonds. The Labute approximate surface area is 95.5 Å². The van der Waals surface area contributed by atoms with Crippen LogP contribution in [0.3, 0.4) is 0 Å². The largest absolute Gasteiger partial charge is 0.401 e. The number of nitrogens with zero attached hydrogens (tertiary/aromatic N) is 1. The van der Waals surface area contributed by atoms with E-state index < -0.39 is 12.7 Å². The Morgan fingerprint density at radius 2 is 1.94 bits per heavy atom. The molecule has 1 unspecified atom stereocenters. The SMILES string of the molecule is CC.CNC1CC=CCN(CC(F)(F)F)C1. The molecule has 1 rings (SSSR count). The first-order valence-electron chi connectivity index (χ1n) is 5.62. The molecule has 0 aromatic rings. The molecule has 96 valence electrons. The van der Waals surface area contributed by atoms with E-state index in [2.05, 4.69) is 5.32 Å². The molecule has 0 aromatic heterocycles. The van der Waals surface area contributed by atoms with Gasteiger partial charge in [-0.05, 0) is 13.5 Å². The predicted molar refractivity (Wildman–Crippen MR) is 60.4 cm³/mol. The number of halogens is 3. The van der Waals surface area contributed by atoms with E-state index in [1.165, 1.54) is 4.90 Å². The van der Waals surface area contributed by atoms with Gasteiger partial charge in [-0.3, -0.25) is 4.90 Å². The topological polar surface area (TPSA) is 15.3 Å². The molecule has 1 heterocycles. The van der Waals surface area contributed by atoms with E-state index in [1.54, 1.807) is 13.1 Å². The summed E-state index contributed by atoms with van der Waals surface area (Å²) in [6.07, 6.45) is 0.419. The highest BCUT2D eigenvalue weighted by Crippen LogP contribution is 2.17. The van der Waals surface area contributed by atoms with Crippen LogP contribution in [-0.4, -0.2) is 43.8 Å². The van der Waals surface area contributed by atoms with Crippen molar-refractivity contribution < 1.29 is 13.2 Å². The van der Waals surface area contributed by atoms with Gasteiger partial charge in [0.05, 0.1) is 6.54 Å².